The molecule has 4 heteroatoms. The average molecular weight is 249 g/mol. The maximum Gasteiger partial charge on any atom is 0.325 e. The molecule has 18 heavy (non-hydrogen) atoms. The van der Waals surface area contributed by atoms with Crippen LogP contribution in [0.15, 0.2) is 24.3 Å². The summed E-state index contributed by atoms with van der Waals surface area (Å²) in [6.45, 7) is 4.28. The lowest BCUT2D eigenvalue weighted by atomic mass is 10.1. The van der Waals surface area contributed by atoms with E-state index in [9.17, 15) is 9.90 Å². The Hall–Kier alpha value is -1.55. The van der Waals surface area contributed by atoms with E-state index in [1.807, 2.05) is 36.1 Å². The molecule has 1 aromatic carbocycles. The van der Waals surface area contributed by atoms with E-state index in [2.05, 4.69) is 0 Å². The van der Waals surface area contributed by atoms with Gasteiger partial charge in [-0.2, -0.15) is 0 Å². The SMILES string of the molecule is CCOc1ccc([C@H](C(=O)O)N2CCCC2)cc1. The van der Waals surface area contributed by atoms with Gasteiger partial charge < -0.3 is 9.84 Å². The van der Waals surface area contributed by atoms with Crippen LogP contribution < -0.4 is 4.74 Å². The van der Waals surface area contributed by atoms with E-state index in [4.69, 9.17) is 4.74 Å². The highest BCUT2D eigenvalue weighted by molar-refractivity contribution is 5.75. The van der Waals surface area contributed by atoms with Gasteiger partial charge in [0.05, 0.1) is 6.61 Å². The number of hydrogen-bond acceptors (Lipinski definition) is 3. The first kappa shape index (κ1) is 12.9. The summed E-state index contributed by atoms with van der Waals surface area (Å²) < 4.78 is 5.37. The van der Waals surface area contributed by atoms with Crippen LogP contribution in [-0.2, 0) is 4.79 Å². The quantitative estimate of drug-likeness (QED) is 0.870. The summed E-state index contributed by atoms with van der Waals surface area (Å²) >= 11 is 0. The third-order valence-corrected chi connectivity index (χ3v) is 3.25. The second kappa shape index (κ2) is 5.87. The fourth-order valence-electron chi connectivity index (χ4n) is 2.42. The number of carboxylic acid groups (broad SMARTS) is 1. The number of rotatable bonds is 5. The van der Waals surface area contributed by atoms with Gasteiger partial charge in [0.2, 0.25) is 0 Å². The highest BCUT2D eigenvalue weighted by atomic mass is 16.5. The summed E-state index contributed by atoms with van der Waals surface area (Å²) in [6, 6.07) is 6.85. The van der Waals surface area contributed by atoms with Crippen LogP contribution in [0.2, 0.25) is 0 Å². The zero-order valence-electron chi connectivity index (χ0n) is 10.6. The first-order valence-corrected chi connectivity index (χ1v) is 6.42. The van der Waals surface area contributed by atoms with Crippen molar-refractivity contribution >= 4 is 5.97 Å². The lowest BCUT2D eigenvalue weighted by molar-refractivity contribution is -0.143. The van der Waals surface area contributed by atoms with Gasteiger partial charge in [-0.05, 0) is 50.6 Å². The molecule has 4 nitrogen and oxygen atoms in total. The number of ether oxygens (including phenoxy) is 1. The van der Waals surface area contributed by atoms with E-state index in [1.54, 1.807) is 0 Å². The van der Waals surface area contributed by atoms with E-state index >= 15 is 0 Å². The summed E-state index contributed by atoms with van der Waals surface area (Å²) in [6.07, 6.45) is 2.17. The Kier molecular flexibility index (Phi) is 4.20. The minimum Gasteiger partial charge on any atom is -0.494 e. The number of hydrogen-bond donors (Lipinski definition) is 1. The molecule has 0 radical (unpaired) electrons. The van der Waals surface area contributed by atoms with Gasteiger partial charge in [-0.25, -0.2) is 0 Å². The van der Waals surface area contributed by atoms with Crippen LogP contribution in [0.3, 0.4) is 0 Å². The van der Waals surface area contributed by atoms with Crippen LogP contribution >= 0.6 is 0 Å². The van der Waals surface area contributed by atoms with Gasteiger partial charge in [0.1, 0.15) is 11.8 Å². The van der Waals surface area contributed by atoms with E-state index in [0.717, 1.165) is 37.2 Å². The van der Waals surface area contributed by atoms with Crippen molar-refractivity contribution < 1.29 is 14.6 Å². The maximum absolute atomic E-state index is 11.4. The molecule has 1 aliphatic heterocycles. The molecule has 2 rings (SSSR count). The molecule has 1 heterocycles. The lowest BCUT2D eigenvalue weighted by Gasteiger charge is -2.24. The molecule has 1 fully saturated rings. The molecule has 1 aromatic rings. The number of carboxylic acids is 1. The third-order valence-electron chi connectivity index (χ3n) is 3.25. The second-order valence-corrected chi connectivity index (χ2v) is 4.49. The Morgan fingerprint density at radius 3 is 2.44 bits per heavy atom. The predicted octanol–water partition coefficient (Wildman–Crippen LogP) is 2.31. The molecule has 0 saturated carbocycles. The fourth-order valence-corrected chi connectivity index (χ4v) is 2.42. The Balaban J connectivity index is 2.17. The average Bonchev–Trinajstić information content (AvgIpc) is 2.85. The van der Waals surface area contributed by atoms with Crippen molar-refractivity contribution in [2.24, 2.45) is 0 Å². The first-order valence-electron chi connectivity index (χ1n) is 6.42. The molecule has 0 unspecified atom stereocenters. The smallest absolute Gasteiger partial charge is 0.325 e. The lowest BCUT2D eigenvalue weighted by Crippen LogP contribution is -2.31. The minimum absolute atomic E-state index is 0.525. The molecule has 1 saturated heterocycles. The molecule has 0 aliphatic carbocycles. The van der Waals surface area contributed by atoms with Crippen LogP contribution in [-0.4, -0.2) is 35.7 Å². The number of benzene rings is 1. The molecule has 0 aromatic heterocycles. The van der Waals surface area contributed by atoms with E-state index in [-0.39, 0.29) is 0 Å². The van der Waals surface area contributed by atoms with Crippen LogP contribution in [0.1, 0.15) is 31.4 Å². The van der Waals surface area contributed by atoms with Crippen molar-refractivity contribution in [1.29, 1.82) is 0 Å². The Morgan fingerprint density at radius 2 is 1.94 bits per heavy atom. The molecular formula is C14H19NO3. The molecule has 1 aliphatic rings. The predicted molar refractivity (Wildman–Crippen MR) is 68.8 cm³/mol. The topological polar surface area (TPSA) is 49.8 Å². The van der Waals surface area contributed by atoms with Gasteiger partial charge in [0, 0.05) is 0 Å². The largest absolute Gasteiger partial charge is 0.494 e. The van der Waals surface area contributed by atoms with Gasteiger partial charge in [0.15, 0.2) is 0 Å². The number of carbonyl (C=O) groups is 1. The summed E-state index contributed by atoms with van der Waals surface area (Å²) in [5.41, 5.74) is 0.827. The minimum atomic E-state index is -0.777. The highest BCUT2D eigenvalue weighted by Crippen LogP contribution is 2.26. The molecule has 0 spiro atoms. The normalized spacial score (nSPS) is 17.6. The third kappa shape index (κ3) is 2.82. The van der Waals surface area contributed by atoms with Gasteiger partial charge in [-0.15, -0.1) is 0 Å². The summed E-state index contributed by atoms with van der Waals surface area (Å²) in [5, 5.41) is 9.39. The zero-order valence-corrected chi connectivity index (χ0v) is 10.6. The van der Waals surface area contributed by atoms with Crippen molar-refractivity contribution in [1.82, 2.24) is 4.90 Å². The standard InChI is InChI=1S/C14H19NO3/c1-2-18-12-7-5-11(6-8-12)13(14(16)17)15-9-3-4-10-15/h5-8,13H,2-4,9-10H2,1H3,(H,16,17)/t13-/m1/s1. The van der Waals surface area contributed by atoms with Crippen LogP contribution in [0, 0.1) is 0 Å². The summed E-state index contributed by atoms with van der Waals surface area (Å²) in [5.74, 6) is 0.00729. The van der Waals surface area contributed by atoms with Crippen LogP contribution in [0.5, 0.6) is 5.75 Å². The van der Waals surface area contributed by atoms with Gasteiger partial charge >= 0.3 is 5.97 Å². The maximum atomic E-state index is 11.4. The molecule has 1 atom stereocenters. The Bertz CT molecular complexity index is 396. The van der Waals surface area contributed by atoms with Crippen LogP contribution in [0.4, 0.5) is 0 Å². The van der Waals surface area contributed by atoms with Crippen molar-refractivity contribution in [3.05, 3.63) is 29.8 Å². The van der Waals surface area contributed by atoms with Gasteiger partial charge in [-0.1, -0.05) is 12.1 Å². The van der Waals surface area contributed by atoms with Crippen molar-refractivity contribution in [2.45, 2.75) is 25.8 Å². The molecule has 0 amide bonds. The second-order valence-electron chi connectivity index (χ2n) is 4.49. The Morgan fingerprint density at radius 1 is 1.33 bits per heavy atom. The van der Waals surface area contributed by atoms with Gasteiger partial charge in [0.25, 0.3) is 0 Å². The molecule has 0 bridgehead atoms. The molecule has 98 valence electrons. The van der Waals surface area contributed by atoms with E-state index in [1.165, 1.54) is 0 Å². The van der Waals surface area contributed by atoms with Crippen molar-refractivity contribution in [2.75, 3.05) is 19.7 Å². The van der Waals surface area contributed by atoms with Gasteiger partial charge in [-0.3, -0.25) is 9.69 Å². The van der Waals surface area contributed by atoms with Crippen LogP contribution in [0.25, 0.3) is 0 Å². The van der Waals surface area contributed by atoms with E-state index in [0.29, 0.717) is 6.61 Å². The van der Waals surface area contributed by atoms with Crippen molar-refractivity contribution in [3.8, 4) is 5.75 Å². The zero-order chi connectivity index (χ0) is 13.0. The number of likely N-dealkylation sites (tertiary alicyclic amines) is 1. The fraction of sp³-hybridized carbons (Fsp3) is 0.500. The molecule has 1 N–H and O–H groups in total. The van der Waals surface area contributed by atoms with Crippen molar-refractivity contribution in [3.63, 3.8) is 0 Å². The summed E-state index contributed by atoms with van der Waals surface area (Å²) in [7, 11) is 0. The molecular weight excluding hydrogens is 230 g/mol. The summed E-state index contributed by atoms with van der Waals surface area (Å²) in [4.78, 5) is 13.5. The highest BCUT2D eigenvalue weighted by Gasteiger charge is 2.29. The van der Waals surface area contributed by atoms with E-state index < -0.39 is 12.0 Å². The Labute approximate surface area is 107 Å². The number of nitrogens with zero attached hydrogens (tertiary/aromatic N) is 1. The number of aliphatic carboxylic acids is 1. The first-order chi connectivity index (χ1) is 8.72. The monoisotopic (exact) mass is 249 g/mol.